The zero-order valence-corrected chi connectivity index (χ0v) is 22.7. The molecule has 11 heteroatoms. The molecular weight excluding hydrogens is 535 g/mol. The fraction of sp³-hybridized carbons (Fsp3) is 0.345. The number of likely N-dealkylation sites (N-methyl/N-ethyl adjacent to an activating group) is 1. The van der Waals surface area contributed by atoms with Gasteiger partial charge in [-0.05, 0) is 54.8 Å². The highest BCUT2D eigenvalue weighted by atomic mass is 35.5. The van der Waals surface area contributed by atoms with Crippen molar-refractivity contribution in [1.29, 1.82) is 5.26 Å². The van der Waals surface area contributed by atoms with Gasteiger partial charge in [0, 0.05) is 50.1 Å². The number of nitriles is 1. The molecule has 2 aliphatic rings. The standard InChI is InChI=1S/C29H28ClFN6O3/c1-35(29(39)40-24-8-6-23(31)7-9-24)26-18-37(17-25(26)20-2-4-22(30)5-3-20)27(38)21-10-12-36(13-11-21)28-33-15-19(14-32)16-34-28/h2-9,15-16,21,25-26H,10-13,17-18H2,1H3/t25-,26+/m0/s1. The van der Waals surface area contributed by atoms with Crippen molar-refractivity contribution in [2.24, 2.45) is 5.92 Å². The lowest BCUT2D eigenvalue weighted by molar-refractivity contribution is -0.135. The fourth-order valence-electron chi connectivity index (χ4n) is 5.33. The van der Waals surface area contributed by atoms with Crippen LogP contribution in [0.2, 0.25) is 5.02 Å². The maximum Gasteiger partial charge on any atom is 0.415 e. The number of hydrogen-bond acceptors (Lipinski definition) is 7. The molecule has 0 bridgehead atoms. The van der Waals surface area contributed by atoms with Gasteiger partial charge in [0.1, 0.15) is 17.6 Å². The number of anilines is 1. The van der Waals surface area contributed by atoms with Crippen LogP contribution in [0.5, 0.6) is 5.75 Å². The molecule has 9 nitrogen and oxygen atoms in total. The molecule has 0 radical (unpaired) electrons. The molecule has 3 heterocycles. The summed E-state index contributed by atoms with van der Waals surface area (Å²) in [5.74, 6) is 0.133. The summed E-state index contributed by atoms with van der Waals surface area (Å²) in [6, 6.07) is 14.4. The van der Waals surface area contributed by atoms with E-state index in [0.717, 1.165) is 5.56 Å². The summed E-state index contributed by atoms with van der Waals surface area (Å²) in [6.45, 7) is 2.08. The molecule has 2 aliphatic heterocycles. The Hall–Kier alpha value is -4.23. The van der Waals surface area contributed by atoms with E-state index in [-0.39, 0.29) is 29.5 Å². The smallest absolute Gasteiger partial charge is 0.410 e. The molecule has 2 fully saturated rings. The van der Waals surface area contributed by atoms with Gasteiger partial charge in [-0.15, -0.1) is 0 Å². The number of aromatic nitrogens is 2. The van der Waals surface area contributed by atoms with E-state index in [4.69, 9.17) is 21.6 Å². The molecule has 0 N–H and O–H groups in total. The van der Waals surface area contributed by atoms with Gasteiger partial charge in [0.2, 0.25) is 11.9 Å². The molecule has 1 aromatic heterocycles. The van der Waals surface area contributed by atoms with Crippen LogP contribution in [0, 0.1) is 23.1 Å². The molecule has 0 unspecified atom stereocenters. The van der Waals surface area contributed by atoms with Crippen molar-refractivity contribution >= 4 is 29.5 Å². The normalized spacial score (nSPS) is 19.2. The van der Waals surface area contributed by atoms with Crippen molar-refractivity contribution < 1.29 is 18.7 Å². The SMILES string of the molecule is CN(C(=O)Oc1ccc(F)cc1)[C@@H]1CN(C(=O)C2CCN(c3ncc(C#N)cn3)CC2)C[C@H]1c1ccc(Cl)cc1. The first kappa shape index (κ1) is 27.3. The Morgan fingerprint density at radius 1 is 1.05 bits per heavy atom. The molecule has 2 aromatic carbocycles. The number of hydrogen-bond donors (Lipinski definition) is 0. The van der Waals surface area contributed by atoms with Gasteiger partial charge < -0.3 is 19.4 Å². The van der Waals surface area contributed by atoms with Gasteiger partial charge in [0.05, 0.1) is 24.0 Å². The second kappa shape index (κ2) is 11.9. The van der Waals surface area contributed by atoms with Gasteiger partial charge in [-0.2, -0.15) is 5.26 Å². The summed E-state index contributed by atoms with van der Waals surface area (Å²) in [4.78, 5) is 40.6. The number of likely N-dealkylation sites (tertiary alicyclic amines) is 1. The van der Waals surface area contributed by atoms with Crippen LogP contribution in [0.4, 0.5) is 15.1 Å². The minimum atomic E-state index is -0.583. The summed E-state index contributed by atoms with van der Waals surface area (Å²) in [5, 5.41) is 9.57. The molecule has 2 amide bonds. The van der Waals surface area contributed by atoms with E-state index in [0.29, 0.717) is 55.6 Å². The van der Waals surface area contributed by atoms with Gasteiger partial charge in [0.15, 0.2) is 0 Å². The van der Waals surface area contributed by atoms with Crippen molar-refractivity contribution in [3.63, 3.8) is 0 Å². The number of benzene rings is 2. The molecule has 0 spiro atoms. The topological polar surface area (TPSA) is 103 Å². The van der Waals surface area contributed by atoms with Gasteiger partial charge in [-0.1, -0.05) is 23.7 Å². The minimum absolute atomic E-state index is 0.0576. The van der Waals surface area contributed by atoms with Crippen molar-refractivity contribution in [2.75, 3.05) is 38.1 Å². The Labute approximate surface area is 236 Å². The van der Waals surface area contributed by atoms with Crippen LogP contribution in [0.25, 0.3) is 0 Å². The van der Waals surface area contributed by atoms with Crippen molar-refractivity contribution in [2.45, 2.75) is 24.8 Å². The van der Waals surface area contributed by atoms with E-state index in [1.54, 1.807) is 19.2 Å². The zero-order valence-electron chi connectivity index (χ0n) is 21.9. The molecule has 2 saturated heterocycles. The van der Waals surface area contributed by atoms with E-state index >= 15 is 0 Å². The summed E-state index contributed by atoms with van der Waals surface area (Å²) in [6.07, 6.45) is 3.71. The number of halogens is 2. The Bertz CT molecular complexity index is 1390. The van der Waals surface area contributed by atoms with E-state index < -0.39 is 11.9 Å². The third-order valence-electron chi connectivity index (χ3n) is 7.60. The number of carbonyl (C=O) groups excluding carboxylic acids is 2. The first-order valence-corrected chi connectivity index (χ1v) is 13.4. The highest BCUT2D eigenvalue weighted by molar-refractivity contribution is 6.30. The predicted octanol–water partition coefficient (Wildman–Crippen LogP) is 4.48. The molecule has 0 aliphatic carbocycles. The number of piperidine rings is 1. The average Bonchev–Trinajstić information content (AvgIpc) is 3.43. The first-order chi connectivity index (χ1) is 19.3. The van der Waals surface area contributed by atoms with Crippen LogP contribution in [-0.2, 0) is 4.79 Å². The number of ether oxygens (including phenoxy) is 1. The predicted molar refractivity (Wildman–Crippen MR) is 146 cm³/mol. The third kappa shape index (κ3) is 6.00. The zero-order chi connectivity index (χ0) is 28.2. The summed E-state index contributed by atoms with van der Waals surface area (Å²) in [5.41, 5.74) is 1.37. The largest absolute Gasteiger partial charge is 0.415 e. The summed E-state index contributed by atoms with van der Waals surface area (Å²) in [7, 11) is 1.66. The minimum Gasteiger partial charge on any atom is -0.410 e. The van der Waals surface area contributed by atoms with Gasteiger partial charge >= 0.3 is 6.09 Å². The van der Waals surface area contributed by atoms with Gasteiger partial charge in [-0.25, -0.2) is 19.2 Å². The number of nitrogens with zero attached hydrogens (tertiary/aromatic N) is 6. The van der Waals surface area contributed by atoms with E-state index in [1.165, 1.54) is 41.6 Å². The maximum absolute atomic E-state index is 13.7. The highest BCUT2D eigenvalue weighted by Gasteiger charge is 2.42. The second-order valence-corrected chi connectivity index (χ2v) is 10.5. The van der Waals surface area contributed by atoms with Crippen LogP contribution < -0.4 is 9.64 Å². The molecule has 5 rings (SSSR count). The lowest BCUT2D eigenvalue weighted by Gasteiger charge is -2.33. The quantitative estimate of drug-likeness (QED) is 0.451. The van der Waals surface area contributed by atoms with Crippen LogP contribution in [0.15, 0.2) is 60.9 Å². The lowest BCUT2D eigenvalue weighted by Crippen LogP contribution is -2.45. The van der Waals surface area contributed by atoms with Crippen LogP contribution >= 0.6 is 11.6 Å². The van der Waals surface area contributed by atoms with Crippen molar-refractivity contribution in [3.8, 4) is 11.8 Å². The second-order valence-electron chi connectivity index (χ2n) is 10.0. The Morgan fingerprint density at radius 2 is 1.70 bits per heavy atom. The summed E-state index contributed by atoms with van der Waals surface area (Å²) < 4.78 is 18.8. The molecule has 40 heavy (non-hydrogen) atoms. The van der Waals surface area contributed by atoms with Gasteiger partial charge in [-0.3, -0.25) is 4.79 Å². The van der Waals surface area contributed by atoms with E-state index in [2.05, 4.69) is 9.97 Å². The molecule has 3 aromatic rings. The van der Waals surface area contributed by atoms with Crippen LogP contribution in [0.1, 0.15) is 29.9 Å². The monoisotopic (exact) mass is 562 g/mol. The van der Waals surface area contributed by atoms with E-state index in [9.17, 15) is 14.0 Å². The van der Waals surface area contributed by atoms with Crippen molar-refractivity contribution in [3.05, 3.63) is 82.9 Å². The maximum atomic E-state index is 13.7. The lowest BCUT2D eigenvalue weighted by atomic mass is 9.93. The Balaban J connectivity index is 1.27. The number of rotatable bonds is 5. The molecule has 0 saturated carbocycles. The number of amides is 2. The van der Waals surface area contributed by atoms with Crippen LogP contribution in [-0.4, -0.2) is 71.0 Å². The van der Waals surface area contributed by atoms with Crippen molar-refractivity contribution in [1.82, 2.24) is 19.8 Å². The van der Waals surface area contributed by atoms with Gasteiger partial charge in [0.25, 0.3) is 0 Å². The highest BCUT2D eigenvalue weighted by Crippen LogP contribution is 2.34. The first-order valence-electron chi connectivity index (χ1n) is 13.0. The Kier molecular flexibility index (Phi) is 8.12. The Morgan fingerprint density at radius 3 is 2.33 bits per heavy atom. The molecular formula is C29H28ClFN6O3. The molecule has 2 atom stereocenters. The average molecular weight is 563 g/mol. The fourth-order valence-corrected chi connectivity index (χ4v) is 5.46. The number of carbonyl (C=O) groups is 2. The molecule has 206 valence electrons. The third-order valence-corrected chi connectivity index (χ3v) is 7.85. The summed E-state index contributed by atoms with van der Waals surface area (Å²) >= 11 is 6.12. The van der Waals surface area contributed by atoms with E-state index in [1.807, 2.05) is 28.0 Å². The van der Waals surface area contributed by atoms with Crippen LogP contribution in [0.3, 0.4) is 0 Å².